The molecule has 2 aromatic rings. The third-order valence-corrected chi connectivity index (χ3v) is 5.08. The Morgan fingerprint density at radius 3 is 2.64 bits per heavy atom. The number of furan rings is 1. The van der Waals surface area contributed by atoms with Gasteiger partial charge < -0.3 is 14.1 Å². The van der Waals surface area contributed by atoms with E-state index in [0.29, 0.717) is 25.7 Å². The van der Waals surface area contributed by atoms with Crippen molar-refractivity contribution >= 4 is 5.97 Å². The summed E-state index contributed by atoms with van der Waals surface area (Å²) < 4.78 is 7.38. The number of imidazole rings is 1. The zero-order valence-electron chi connectivity index (χ0n) is 14.3. The molecule has 1 aliphatic carbocycles. The van der Waals surface area contributed by atoms with Gasteiger partial charge in [-0.15, -0.1) is 0 Å². The molecule has 1 unspecified atom stereocenters. The van der Waals surface area contributed by atoms with Crippen molar-refractivity contribution in [2.45, 2.75) is 32.0 Å². The number of aromatic nitrogens is 2. The van der Waals surface area contributed by atoms with Gasteiger partial charge in [0.25, 0.3) is 0 Å². The van der Waals surface area contributed by atoms with E-state index in [-0.39, 0.29) is 0 Å². The van der Waals surface area contributed by atoms with Crippen LogP contribution in [0.25, 0.3) is 0 Å². The fourth-order valence-electron chi connectivity index (χ4n) is 3.58. The highest BCUT2D eigenvalue weighted by molar-refractivity contribution is 5.70. The van der Waals surface area contributed by atoms with Gasteiger partial charge in [-0.2, -0.15) is 0 Å². The van der Waals surface area contributed by atoms with Crippen LogP contribution >= 0.6 is 0 Å². The molecule has 0 aromatic carbocycles. The zero-order valence-corrected chi connectivity index (χ0v) is 14.3. The van der Waals surface area contributed by atoms with Gasteiger partial charge >= 0.3 is 5.97 Å². The fourth-order valence-corrected chi connectivity index (χ4v) is 3.58. The molecule has 2 aliphatic rings. The average Bonchev–Trinajstić information content (AvgIpc) is 3.17. The van der Waals surface area contributed by atoms with E-state index in [0.717, 1.165) is 31.0 Å². The van der Waals surface area contributed by atoms with Crippen molar-refractivity contribution in [1.29, 1.82) is 0 Å². The van der Waals surface area contributed by atoms with Crippen LogP contribution in [-0.2, 0) is 17.9 Å². The van der Waals surface area contributed by atoms with E-state index >= 15 is 0 Å². The van der Waals surface area contributed by atoms with Gasteiger partial charge in [0, 0.05) is 56.7 Å². The Balaban J connectivity index is 1.44. The Hall–Kier alpha value is -2.12. The second-order valence-corrected chi connectivity index (χ2v) is 7.12. The predicted molar refractivity (Wildman–Crippen MR) is 90.9 cm³/mol. The van der Waals surface area contributed by atoms with Crippen LogP contribution in [0.1, 0.15) is 30.3 Å². The van der Waals surface area contributed by atoms with Crippen molar-refractivity contribution in [2.24, 2.45) is 5.92 Å². The fraction of sp³-hybridized carbons (Fsp3) is 0.556. The second kappa shape index (κ2) is 7.01. The minimum Gasteiger partial charge on any atom is -0.481 e. The Bertz CT molecular complexity index is 708. The molecule has 1 aliphatic heterocycles. The summed E-state index contributed by atoms with van der Waals surface area (Å²) in [6.45, 7) is 4.26. The first kappa shape index (κ1) is 16.4. The first-order valence-corrected chi connectivity index (χ1v) is 8.89. The monoisotopic (exact) mass is 344 g/mol. The summed E-state index contributed by atoms with van der Waals surface area (Å²) in [5.41, 5.74) is 1.09. The zero-order chi connectivity index (χ0) is 17.2. The van der Waals surface area contributed by atoms with Crippen molar-refractivity contribution in [1.82, 2.24) is 19.4 Å². The number of aliphatic carboxylic acids is 1. The molecule has 0 amide bonds. The summed E-state index contributed by atoms with van der Waals surface area (Å²) in [5.74, 6) is -0.0664. The van der Waals surface area contributed by atoms with Crippen molar-refractivity contribution < 1.29 is 14.3 Å². The SMILES string of the molecule is O=C(O)C1CN(Cc2ccoc2)CCN(Cc2nccn2C2CC2)C1. The van der Waals surface area contributed by atoms with Gasteiger partial charge in [0.1, 0.15) is 5.82 Å². The number of hydrogen-bond donors (Lipinski definition) is 1. The highest BCUT2D eigenvalue weighted by atomic mass is 16.4. The Morgan fingerprint density at radius 2 is 2.00 bits per heavy atom. The lowest BCUT2D eigenvalue weighted by molar-refractivity contribution is -0.142. The van der Waals surface area contributed by atoms with Crippen LogP contribution in [0.2, 0.25) is 0 Å². The Kier molecular flexibility index (Phi) is 4.59. The van der Waals surface area contributed by atoms with Crippen LogP contribution in [0.15, 0.2) is 35.4 Å². The molecule has 2 aromatic heterocycles. The normalized spacial score (nSPS) is 22.8. The number of nitrogens with zero attached hydrogens (tertiary/aromatic N) is 4. The molecule has 1 N–H and O–H groups in total. The smallest absolute Gasteiger partial charge is 0.309 e. The number of carboxylic acid groups (broad SMARTS) is 1. The molecule has 3 heterocycles. The van der Waals surface area contributed by atoms with Gasteiger partial charge in [0.2, 0.25) is 0 Å². The van der Waals surface area contributed by atoms with Crippen LogP contribution < -0.4 is 0 Å². The minimum absolute atomic E-state index is 0.390. The van der Waals surface area contributed by atoms with Gasteiger partial charge in [-0.05, 0) is 18.9 Å². The van der Waals surface area contributed by atoms with Crippen LogP contribution in [0.4, 0.5) is 0 Å². The van der Waals surface area contributed by atoms with Crippen LogP contribution in [0, 0.1) is 5.92 Å². The topological polar surface area (TPSA) is 74.7 Å². The summed E-state index contributed by atoms with van der Waals surface area (Å²) in [7, 11) is 0. The van der Waals surface area contributed by atoms with E-state index in [1.807, 2.05) is 18.5 Å². The molecule has 1 saturated carbocycles. The molecular weight excluding hydrogens is 320 g/mol. The molecule has 7 nitrogen and oxygen atoms in total. The number of hydrogen-bond acceptors (Lipinski definition) is 5. The lowest BCUT2D eigenvalue weighted by Crippen LogP contribution is -2.34. The van der Waals surface area contributed by atoms with E-state index in [9.17, 15) is 9.90 Å². The molecule has 0 radical (unpaired) electrons. The molecule has 7 heteroatoms. The van der Waals surface area contributed by atoms with Gasteiger partial charge in [-0.1, -0.05) is 0 Å². The largest absolute Gasteiger partial charge is 0.481 e. The molecule has 134 valence electrons. The second-order valence-electron chi connectivity index (χ2n) is 7.12. The van der Waals surface area contributed by atoms with Crippen molar-refractivity contribution in [3.05, 3.63) is 42.4 Å². The Morgan fingerprint density at radius 1 is 1.24 bits per heavy atom. The Labute approximate surface area is 146 Å². The van der Waals surface area contributed by atoms with Crippen molar-refractivity contribution in [2.75, 3.05) is 26.2 Å². The van der Waals surface area contributed by atoms with Gasteiger partial charge in [0.15, 0.2) is 0 Å². The maximum absolute atomic E-state index is 11.7. The van der Waals surface area contributed by atoms with E-state index in [2.05, 4.69) is 19.4 Å². The van der Waals surface area contributed by atoms with E-state index in [4.69, 9.17) is 4.42 Å². The van der Waals surface area contributed by atoms with Crippen molar-refractivity contribution in [3.8, 4) is 0 Å². The maximum Gasteiger partial charge on any atom is 0.309 e. The third kappa shape index (κ3) is 3.93. The number of rotatable bonds is 6. The molecule has 1 saturated heterocycles. The first-order chi connectivity index (χ1) is 12.2. The van der Waals surface area contributed by atoms with Crippen LogP contribution in [0.5, 0.6) is 0 Å². The summed E-state index contributed by atoms with van der Waals surface area (Å²) in [6.07, 6.45) is 9.73. The first-order valence-electron chi connectivity index (χ1n) is 8.89. The highest BCUT2D eigenvalue weighted by Crippen LogP contribution is 2.35. The molecule has 25 heavy (non-hydrogen) atoms. The molecule has 2 fully saturated rings. The van der Waals surface area contributed by atoms with Gasteiger partial charge in [0.05, 0.1) is 25.0 Å². The molecule has 4 rings (SSSR count). The summed E-state index contributed by atoms with van der Waals surface area (Å²) in [4.78, 5) is 20.6. The van der Waals surface area contributed by atoms with Crippen molar-refractivity contribution in [3.63, 3.8) is 0 Å². The molecule has 0 spiro atoms. The van der Waals surface area contributed by atoms with Gasteiger partial charge in [-0.3, -0.25) is 14.6 Å². The third-order valence-electron chi connectivity index (χ3n) is 5.08. The van der Waals surface area contributed by atoms with E-state index < -0.39 is 11.9 Å². The molecular formula is C18H24N4O3. The van der Waals surface area contributed by atoms with Crippen LogP contribution in [0.3, 0.4) is 0 Å². The predicted octanol–water partition coefficient (Wildman–Crippen LogP) is 1.83. The van der Waals surface area contributed by atoms with E-state index in [1.54, 1.807) is 12.5 Å². The number of carboxylic acids is 1. The quantitative estimate of drug-likeness (QED) is 0.862. The van der Waals surface area contributed by atoms with Crippen LogP contribution in [-0.4, -0.2) is 56.6 Å². The minimum atomic E-state index is -0.727. The summed E-state index contributed by atoms with van der Waals surface area (Å²) >= 11 is 0. The van der Waals surface area contributed by atoms with E-state index in [1.165, 1.54) is 12.8 Å². The molecule has 1 atom stereocenters. The maximum atomic E-state index is 11.7. The lowest BCUT2D eigenvalue weighted by Gasteiger charge is -2.21. The molecule has 0 bridgehead atoms. The number of carbonyl (C=O) groups is 1. The standard InChI is InChI=1S/C18H24N4O3/c23-18(24)15-10-20(9-14-3-8-25-13-14)6-7-21(11-15)12-17-19-4-5-22(17)16-1-2-16/h3-5,8,13,15-16H,1-2,6-7,9-12H2,(H,23,24). The van der Waals surface area contributed by atoms with Gasteiger partial charge in [-0.25, -0.2) is 4.98 Å². The average molecular weight is 344 g/mol. The summed E-state index contributed by atoms with van der Waals surface area (Å²) in [5, 5.41) is 9.61. The summed E-state index contributed by atoms with van der Waals surface area (Å²) in [6, 6.07) is 2.53. The lowest BCUT2D eigenvalue weighted by atomic mass is 10.1. The highest BCUT2D eigenvalue weighted by Gasteiger charge is 2.30.